The minimum Gasteiger partial charge on any atom is -0.493 e. The van der Waals surface area contributed by atoms with E-state index in [-0.39, 0.29) is 0 Å². The second-order valence-corrected chi connectivity index (χ2v) is 4.49. The molecule has 1 heterocycles. The molecule has 0 aliphatic rings. The third-order valence-corrected chi connectivity index (χ3v) is 3.00. The molecule has 3 N–H and O–H groups in total. The molecule has 2 aromatic rings. The number of hydrogen-bond acceptors (Lipinski definition) is 3. The number of nitrogens with one attached hydrogen (secondary N) is 1. The van der Waals surface area contributed by atoms with Crippen LogP contribution < -0.4 is 10.5 Å². The first-order chi connectivity index (χ1) is 9.42. The smallest absolute Gasteiger partial charge is 0.141 e. The predicted octanol–water partition coefficient (Wildman–Crippen LogP) is 2.97. The highest BCUT2D eigenvalue weighted by molar-refractivity contribution is 5.63. The average molecular weight is 259 g/mol. The first kappa shape index (κ1) is 13.6. The molecule has 0 aliphatic carbocycles. The molecule has 1 aromatic heterocycles. The number of imidazole rings is 1. The van der Waals surface area contributed by atoms with Crippen molar-refractivity contribution in [3.05, 3.63) is 36.7 Å². The molecule has 102 valence electrons. The highest BCUT2D eigenvalue weighted by atomic mass is 16.5. The van der Waals surface area contributed by atoms with Gasteiger partial charge in [0.2, 0.25) is 0 Å². The molecular formula is C15H21N3O. The van der Waals surface area contributed by atoms with Gasteiger partial charge in [0.25, 0.3) is 0 Å². The van der Waals surface area contributed by atoms with Gasteiger partial charge in [-0.15, -0.1) is 0 Å². The quantitative estimate of drug-likeness (QED) is 0.716. The van der Waals surface area contributed by atoms with Crippen molar-refractivity contribution < 1.29 is 4.74 Å². The first-order valence-electron chi connectivity index (χ1n) is 6.83. The maximum Gasteiger partial charge on any atom is 0.141 e. The third-order valence-electron chi connectivity index (χ3n) is 3.00. The van der Waals surface area contributed by atoms with Gasteiger partial charge in [-0.3, -0.25) is 0 Å². The Bertz CT molecular complexity index is 468. The molecule has 0 amide bonds. The minimum absolute atomic E-state index is 0.738. The summed E-state index contributed by atoms with van der Waals surface area (Å²) in [5.41, 5.74) is 6.48. The van der Waals surface area contributed by atoms with Crippen LogP contribution in [0.4, 0.5) is 0 Å². The van der Waals surface area contributed by atoms with Crippen molar-refractivity contribution in [2.75, 3.05) is 13.2 Å². The van der Waals surface area contributed by atoms with E-state index in [2.05, 4.69) is 9.97 Å². The molecule has 0 unspecified atom stereocenters. The second kappa shape index (κ2) is 7.59. The first-order valence-corrected chi connectivity index (χ1v) is 6.83. The topological polar surface area (TPSA) is 63.9 Å². The van der Waals surface area contributed by atoms with Crippen molar-refractivity contribution in [2.24, 2.45) is 5.73 Å². The van der Waals surface area contributed by atoms with Crippen LogP contribution in [0.25, 0.3) is 11.4 Å². The normalized spacial score (nSPS) is 10.6. The fourth-order valence-electron chi connectivity index (χ4n) is 1.98. The number of para-hydroxylation sites is 1. The second-order valence-electron chi connectivity index (χ2n) is 4.49. The van der Waals surface area contributed by atoms with Crippen molar-refractivity contribution in [1.29, 1.82) is 0 Å². The summed E-state index contributed by atoms with van der Waals surface area (Å²) in [6.45, 7) is 1.52. The van der Waals surface area contributed by atoms with E-state index in [1.54, 1.807) is 6.20 Å². The molecule has 4 heteroatoms. The average Bonchev–Trinajstić information content (AvgIpc) is 2.97. The lowest BCUT2D eigenvalue weighted by atomic mass is 10.2. The Morgan fingerprint density at radius 1 is 1.11 bits per heavy atom. The van der Waals surface area contributed by atoms with Gasteiger partial charge in [-0.2, -0.15) is 0 Å². The van der Waals surface area contributed by atoms with Gasteiger partial charge in [0.15, 0.2) is 0 Å². The summed E-state index contributed by atoms with van der Waals surface area (Å²) in [6, 6.07) is 7.97. The van der Waals surface area contributed by atoms with Crippen molar-refractivity contribution in [2.45, 2.75) is 25.7 Å². The number of H-pyrrole nitrogens is 1. The molecule has 0 fully saturated rings. The fraction of sp³-hybridized carbons (Fsp3) is 0.400. The summed E-state index contributed by atoms with van der Waals surface area (Å²) in [7, 11) is 0. The van der Waals surface area contributed by atoms with Crippen LogP contribution in [0, 0.1) is 0 Å². The minimum atomic E-state index is 0.738. The van der Waals surface area contributed by atoms with E-state index in [1.807, 2.05) is 30.5 Å². The van der Waals surface area contributed by atoms with E-state index in [0.29, 0.717) is 0 Å². The largest absolute Gasteiger partial charge is 0.493 e. The highest BCUT2D eigenvalue weighted by Crippen LogP contribution is 2.27. The molecule has 0 aliphatic heterocycles. The molecule has 0 spiro atoms. The molecule has 0 bridgehead atoms. The number of aromatic amines is 1. The highest BCUT2D eigenvalue weighted by Gasteiger charge is 2.07. The van der Waals surface area contributed by atoms with E-state index < -0.39 is 0 Å². The zero-order valence-corrected chi connectivity index (χ0v) is 11.1. The number of rotatable bonds is 8. The molecule has 0 saturated carbocycles. The van der Waals surface area contributed by atoms with Crippen LogP contribution in [0.5, 0.6) is 5.75 Å². The molecule has 0 saturated heterocycles. The lowest BCUT2D eigenvalue weighted by Crippen LogP contribution is -2.01. The standard InChI is InChI=1S/C15H21N3O/c16-9-5-1-2-6-12-19-14-8-4-3-7-13(14)15-17-10-11-18-15/h3-4,7-8,10-11H,1-2,5-6,9,12,16H2,(H,17,18). The lowest BCUT2D eigenvalue weighted by molar-refractivity contribution is 0.306. The zero-order chi connectivity index (χ0) is 13.3. The van der Waals surface area contributed by atoms with Gasteiger partial charge in [0.1, 0.15) is 11.6 Å². The number of nitrogens with zero attached hydrogens (tertiary/aromatic N) is 1. The van der Waals surface area contributed by atoms with Gasteiger partial charge in [-0.1, -0.05) is 25.0 Å². The molecule has 1 aromatic carbocycles. The monoisotopic (exact) mass is 259 g/mol. The number of aromatic nitrogens is 2. The van der Waals surface area contributed by atoms with Gasteiger partial charge in [-0.05, 0) is 31.5 Å². The van der Waals surface area contributed by atoms with E-state index in [9.17, 15) is 0 Å². The number of ether oxygens (including phenoxy) is 1. The van der Waals surface area contributed by atoms with Crippen LogP contribution in [0.3, 0.4) is 0 Å². The van der Waals surface area contributed by atoms with Gasteiger partial charge < -0.3 is 15.5 Å². The number of hydrogen-bond donors (Lipinski definition) is 2. The Kier molecular flexibility index (Phi) is 5.44. The van der Waals surface area contributed by atoms with Crippen molar-refractivity contribution in [3.63, 3.8) is 0 Å². The molecule has 0 radical (unpaired) electrons. The zero-order valence-electron chi connectivity index (χ0n) is 11.1. The summed E-state index contributed by atoms with van der Waals surface area (Å²) in [5, 5.41) is 0. The van der Waals surface area contributed by atoms with Gasteiger partial charge in [0, 0.05) is 12.4 Å². The summed E-state index contributed by atoms with van der Waals surface area (Å²) in [5.74, 6) is 1.73. The fourth-order valence-corrected chi connectivity index (χ4v) is 1.98. The van der Waals surface area contributed by atoms with Gasteiger partial charge in [-0.25, -0.2) is 4.98 Å². The van der Waals surface area contributed by atoms with Gasteiger partial charge >= 0.3 is 0 Å². The number of nitrogens with two attached hydrogens (primary N) is 1. The SMILES string of the molecule is NCCCCCCOc1ccccc1-c1ncc[nH]1. The summed E-state index contributed by atoms with van der Waals surface area (Å²) in [4.78, 5) is 7.37. The maximum atomic E-state index is 5.85. The number of unbranched alkanes of at least 4 members (excludes halogenated alkanes) is 3. The van der Waals surface area contributed by atoms with E-state index in [4.69, 9.17) is 10.5 Å². The molecule has 0 atom stereocenters. The van der Waals surface area contributed by atoms with Crippen LogP contribution >= 0.6 is 0 Å². The van der Waals surface area contributed by atoms with Crippen LogP contribution in [0.1, 0.15) is 25.7 Å². The summed E-state index contributed by atoms with van der Waals surface area (Å²) < 4.78 is 5.85. The molecular weight excluding hydrogens is 238 g/mol. The number of benzene rings is 1. The Hall–Kier alpha value is -1.81. The molecule has 4 nitrogen and oxygen atoms in total. The lowest BCUT2D eigenvalue weighted by Gasteiger charge is -2.09. The maximum absolute atomic E-state index is 5.85. The predicted molar refractivity (Wildman–Crippen MR) is 77.0 cm³/mol. The Morgan fingerprint density at radius 3 is 2.74 bits per heavy atom. The Labute approximate surface area is 114 Å². The Morgan fingerprint density at radius 2 is 1.95 bits per heavy atom. The van der Waals surface area contributed by atoms with Crippen molar-refractivity contribution in [3.8, 4) is 17.1 Å². The van der Waals surface area contributed by atoms with E-state index in [1.165, 1.54) is 12.8 Å². The van der Waals surface area contributed by atoms with Crippen LogP contribution in [0.2, 0.25) is 0 Å². The summed E-state index contributed by atoms with van der Waals surface area (Å²) >= 11 is 0. The van der Waals surface area contributed by atoms with E-state index in [0.717, 1.165) is 43.1 Å². The van der Waals surface area contributed by atoms with E-state index >= 15 is 0 Å². The van der Waals surface area contributed by atoms with Crippen molar-refractivity contribution >= 4 is 0 Å². The van der Waals surface area contributed by atoms with Crippen LogP contribution in [-0.4, -0.2) is 23.1 Å². The van der Waals surface area contributed by atoms with Gasteiger partial charge in [0.05, 0.1) is 12.2 Å². The van der Waals surface area contributed by atoms with Crippen LogP contribution in [-0.2, 0) is 0 Å². The molecule has 19 heavy (non-hydrogen) atoms. The molecule has 2 rings (SSSR count). The third kappa shape index (κ3) is 4.10. The van der Waals surface area contributed by atoms with Crippen molar-refractivity contribution in [1.82, 2.24) is 9.97 Å². The van der Waals surface area contributed by atoms with Crippen LogP contribution in [0.15, 0.2) is 36.7 Å². The summed E-state index contributed by atoms with van der Waals surface area (Å²) in [6.07, 6.45) is 8.08. The Balaban J connectivity index is 1.87.